The molecule has 1 aromatic carbocycles. The molecular formula is C14H20O4S. The Hall–Kier alpha value is -1.36. The molecule has 1 aromatic rings. The van der Waals surface area contributed by atoms with E-state index in [2.05, 4.69) is 0 Å². The van der Waals surface area contributed by atoms with E-state index in [-0.39, 0.29) is 17.9 Å². The Balaban J connectivity index is 2.56. The van der Waals surface area contributed by atoms with Gasteiger partial charge >= 0.3 is 5.97 Å². The third-order valence-corrected chi connectivity index (χ3v) is 4.45. The van der Waals surface area contributed by atoms with Crippen LogP contribution < -0.4 is 0 Å². The molecule has 0 amide bonds. The summed E-state index contributed by atoms with van der Waals surface area (Å²) in [7, 11) is -3.16. The molecule has 0 bridgehead atoms. The molecule has 0 fully saturated rings. The van der Waals surface area contributed by atoms with E-state index in [4.69, 9.17) is 5.11 Å². The van der Waals surface area contributed by atoms with Crippen LogP contribution in [-0.4, -0.2) is 25.2 Å². The lowest BCUT2D eigenvalue weighted by Crippen LogP contribution is -2.10. The van der Waals surface area contributed by atoms with Crippen LogP contribution in [0.5, 0.6) is 0 Å². The number of unbranched alkanes of at least 4 members (excludes halogenated alkanes) is 1. The predicted octanol–water partition coefficient (Wildman–Crippen LogP) is 2.47. The van der Waals surface area contributed by atoms with Crippen LogP contribution in [-0.2, 0) is 20.4 Å². The molecule has 1 rings (SSSR count). The highest BCUT2D eigenvalue weighted by atomic mass is 32.2. The second-order valence-electron chi connectivity index (χ2n) is 4.94. The molecule has 19 heavy (non-hydrogen) atoms. The zero-order valence-electron chi connectivity index (χ0n) is 11.3. The highest BCUT2D eigenvalue weighted by Gasteiger charge is 2.12. The van der Waals surface area contributed by atoms with Gasteiger partial charge in [-0.25, -0.2) is 8.42 Å². The molecule has 0 unspecified atom stereocenters. The Labute approximate surface area is 114 Å². The summed E-state index contributed by atoms with van der Waals surface area (Å²) in [5, 5.41) is 8.49. The maximum Gasteiger partial charge on any atom is 0.303 e. The Bertz CT molecular complexity index is 526. The topological polar surface area (TPSA) is 71.4 Å². The maximum atomic E-state index is 11.9. The first-order valence-electron chi connectivity index (χ1n) is 6.28. The van der Waals surface area contributed by atoms with Gasteiger partial charge in [0.05, 0.1) is 11.5 Å². The van der Waals surface area contributed by atoms with Gasteiger partial charge in [0.2, 0.25) is 0 Å². The lowest BCUT2D eigenvalue weighted by molar-refractivity contribution is -0.137. The van der Waals surface area contributed by atoms with Crippen molar-refractivity contribution in [1.29, 1.82) is 0 Å². The van der Waals surface area contributed by atoms with Crippen molar-refractivity contribution in [1.82, 2.24) is 0 Å². The van der Waals surface area contributed by atoms with Crippen LogP contribution in [0.1, 0.15) is 36.0 Å². The molecule has 0 aliphatic rings. The van der Waals surface area contributed by atoms with E-state index in [9.17, 15) is 13.2 Å². The zero-order chi connectivity index (χ0) is 14.5. The molecule has 0 aliphatic carbocycles. The van der Waals surface area contributed by atoms with Gasteiger partial charge in [-0.3, -0.25) is 4.79 Å². The van der Waals surface area contributed by atoms with Gasteiger partial charge in [0.25, 0.3) is 0 Å². The van der Waals surface area contributed by atoms with Gasteiger partial charge in [-0.2, -0.15) is 0 Å². The summed E-state index contributed by atoms with van der Waals surface area (Å²) >= 11 is 0. The molecule has 0 aromatic heterocycles. The third-order valence-electron chi connectivity index (χ3n) is 2.76. The molecule has 0 radical (unpaired) electrons. The molecular weight excluding hydrogens is 264 g/mol. The first-order valence-corrected chi connectivity index (χ1v) is 8.10. The third kappa shape index (κ3) is 6.38. The Kier molecular flexibility index (Phi) is 5.54. The maximum absolute atomic E-state index is 11.9. The van der Waals surface area contributed by atoms with Gasteiger partial charge in [-0.05, 0) is 32.3 Å². The number of carboxylic acids is 1. The van der Waals surface area contributed by atoms with Gasteiger partial charge in [0.15, 0.2) is 9.84 Å². The van der Waals surface area contributed by atoms with E-state index < -0.39 is 15.8 Å². The minimum atomic E-state index is -3.16. The monoisotopic (exact) mass is 284 g/mol. The van der Waals surface area contributed by atoms with Gasteiger partial charge in [0.1, 0.15) is 0 Å². The standard InChI is InChI=1S/C14H20O4S/c1-11-7-12(2)9-13(8-11)10-19(17,18)6-4-3-5-14(15)16/h7-9H,3-6,10H2,1-2H3,(H,15,16). The molecule has 0 saturated carbocycles. The number of carbonyl (C=O) groups is 1. The van der Waals surface area contributed by atoms with Crippen molar-refractivity contribution in [3.8, 4) is 0 Å². The molecule has 0 aliphatic heterocycles. The van der Waals surface area contributed by atoms with Crippen LogP contribution in [0.25, 0.3) is 0 Å². The smallest absolute Gasteiger partial charge is 0.303 e. The van der Waals surface area contributed by atoms with Gasteiger partial charge in [0, 0.05) is 6.42 Å². The van der Waals surface area contributed by atoms with Crippen molar-refractivity contribution in [3.05, 3.63) is 34.9 Å². The van der Waals surface area contributed by atoms with E-state index >= 15 is 0 Å². The minimum Gasteiger partial charge on any atom is -0.481 e. The quantitative estimate of drug-likeness (QED) is 0.781. The van der Waals surface area contributed by atoms with Crippen molar-refractivity contribution in [2.24, 2.45) is 0 Å². The fourth-order valence-corrected chi connectivity index (χ4v) is 3.54. The lowest BCUT2D eigenvalue weighted by Gasteiger charge is -2.06. The zero-order valence-corrected chi connectivity index (χ0v) is 12.2. The normalized spacial score (nSPS) is 11.5. The van der Waals surface area contributed by atoms with Gasteiger partial charge in [-0.15, -0.1) is 0 Å². The average Bonchev–Trinajstić information content (AvgIpc) is 2.22. The largest absolute Gasteiger partial charge is 0.481 e. The molecule has 0 spiro atoms. The van der Waals surface area contributed by atoms with E-state index in [1.807, 2.05) is 32.0 Å². The van der Waals surface area contributed by atoms with Crippen molar-refractivity contribution < 1.29 is 18.3 Å². The Morgan fingerprint density at radius 1 is 1.11 bits per heavy atom. The number of carboxylic acid groups (broad SMARTS) is 1. The minimum absolute atomic E-state index is 0.0269. The summed E-state index contributed by atoms with van der Waals surface area (Å²) < 4.78 is 23.8. The summed E-state index contributed by atoms with van der Waals surface area (Å²) in [4.78, 5) is 10.3. The summed E-state index contributed by atoms with van der Waals surface area (Å²) in [6.45, 7) is 3.88. The van der Waals surface area contributed by atoms with Crippen molar-refractivity contribution in [2.45, 2.75) is 38.9 Å². The number of hydrogen-bond acceptors (Lipinski definition) is 3. The fourth-order valence-electron chi connectivity index (χ4n) is 2.08. The number of benzene rings is 1. The van der Waals surface area contributed by atoms with E-state index in [0.29, 0.717) is 12.8 Å². The first-order chi connectivity index (χ1) is 8.78. The molecule has 0 atom stereocenters. The van der Waals surface area contributed by atoms with Crippen LogP contribution >= 0.6 is 0 Å². The summed E-state index contributed by atoms with van der Waals surface area (Å²) in [6.07, 6.45) is 0.833. The van der Waals surface area contributed by atoms with Crippen LogP contribution in [0.4, 0.5) is 0 Å². The number of aliphatic carboxylic acids is 1. The fraction of sp³-hybridized carbons (Fsp3) is 0.500. The second kappa shape index (κ2) is 6.70. The molecule has 0 heterocycles. The molecule has 106 valence electrons. The highest BCUT2D eigenvalue weighted by molar-refractivity contribution is 7.90. The van der Waals surface area contributed by atoms with Crippen LogP contribution in [0.2, 0.25) is 0 Å². The molecule has 5 heteroatoms. The van der Waals surface area contributed by atoms with E-state index in [1.165, 1.54) is 0 Å². The molecule has 4 nitrogen and oxygen atoms in total. The lowest BCUT2D eigenvalue weighted by atomic mass is 10.1. The van der Waals surface area contributed by atoms with Gasteiger partial charge in [-0.1, -0.05) is 29.3 Å². The number of hydrogen-bond donors (Lipinski definition) is 1. The number of sulfone groups is 1. The van der Waals surface area contributed by atoms with Crippen molar-refractivity contribution in [2.75, 3.05) is 5.75 Å². The molecule has 1 N–H and O–H groups in total. The number of rotatable bonds is 7. The SMILES string of the molecule is Cc1cc(C)cc(CS(=O)(=O)CCCCC(=O)O)c1. The van der Waals surface area contributed by atoms with E-state index in [1.54, 1.807) is 0 Å². The average molecular weight is 284 g/mol. The van der Waals surface area contributed by atoms with Crippen molar-refractivity contribution >= 4 is 15.8 Å². The summed E-state index contributed by atoms with van der Waals surface area (Å²) in [5.74, 6) is -0.803. The Morgan fingerprint density at radius 2 is 1.68 bits per heavy atom. The van der Waals surface area contributed by atoms with Gasteiger partial charge < -0.3 is 5.11 Å². The van der Waals surface area contributed by atoms with Crippen LogP contribution in [0.3, 0.4) is 0 Å². The Morgan fingerprint density at radius 3 is 2.21 bits per heavy atom. The van der Waals surface area contributed by atoms with Crippen molar-refractivity contribution in [3.63, 3.8) is 0 Å². The van der Waals surface area contributed by atoms with Crippen LogP contribution in [0, 0.1) is 13.8 Å². The first kappa shape index (κ1) is 15.7. The number of aryl methyl sites for hydroxylation is 2. The van der Waals surface area contributed by atoms with E-state index in [0.717, 1.165) is 16.7 Å². The second-order valence-corrected chi connectivity index (χ2v) is 7.12. The summed E-state index contributed by atoms with van der Waals surface area (Å²) in [5.41, 5.74) is 2.91. The molecule has 0 saturated heterocycles. The van der Waals surface area contributed by atoms with Crippen LogP contribution in [0.15, 0.2) is 18.2 Å². The summed E-state index contributed by atoms with van der Waals surface area (Å²) in [6, 6.07) is 5.76. The predicted molar refractivity (Wildman–Crippen MR) is 74.9 cm³/mol. The highest BCUT2D eigenvalue weighted by Crippen LogP contribution is 2.13.